The van der Waals surface area contributed by atoms with Crippen molar-refractivity contribution < 1.29 is 9.53 Å². The van der Waals surface area contributed by atoms with Gasteiger partial charge >= 0.3 is 0 Å². The molecule has 0 aliphatic carbocycles. The molecule has 0 heterocycles. The van der Waals surface area contributed by atoms with Gasteiger partial charge in [-0.3, -0.25) is 4.79 Å². The van der Waals surface area contributed by atoms with E-state index >= 15 is 0 Å². The van der Waals surface area contributed by atoms with Crippen molar-refractivity contribution >= 4 is 17.5 Å². The highest BCUT2D eigenvalue weighted by molar-refractivity contribution is 6.18. The summed E-state index contributed by atoms with van der Waals surface area (Å²) in [6.07, 6.45) is 0.926. The number of amides is 1. The molecule has 14 heavy (non-hydrogen) atoms. The number of hydrogen-bond acceptors (Lipinski definition) is 2. The van der Waals surface area contributed by atoms with Crippen LogP contribution in [0.25, 0.3) is 0 Å². The molecule has 4 heteroatoms. The minimum Gasteiger partial charge on any atom is -0.372 e. The summed E-state index contributed by atoms with van der Waals surface area (Å²) in [5, 5.41) is 0. The van der Waals surface area contributed by atoms with E-state index in [4.69, 9.17) is 16.3 Å². The lowest BCUT2D eigenvalue weighted by Gasteiger charge is -2.33. The second-order valence-electron chi connectivity index (χ2n) is 3.95. The fourth-order valence-electron chi connectivity index (χ4n) is 0.828. The van der Waals surface area contributed by atoms with Gasteiger partial charge in [-0.25, -0.2) is 0 Å². The number of alkyl halides is 1. The topological polar surface area (TPSA) is 29.5 Å². The van der Waals surface area contributed by atoms with Gasteiger partial charge < -0.3 is 9.64 Å². The highest BCUT2D eigenvalue weighted by Gasteiger charge is 2.26. The Morgan fingerprint density at radius 1 is 1.50 bits per heavy atom. The van der Waals surface area contributed by atoms with Gasteiger partial charge in [-0.05, 0) is 20.3 Å². The summed E-state index contributed by atoms with van der Waals surface area (Å²) in [4.78, 5) is 13.2. The molecule has 3 nitrogen and oxygen atoms in total. The summed E-state index contributed by atoms with van der Waals surface area (Å²) in [6, 6.07) is 0. The van der Waals surface area contributed by atoms with Crippen molar-refractivity contribution in [3.8, 4) is 0 Å². The Morgan fingerprint density at radius 2 is 2.07 bits per heavy atom. The molecule has 84 valence electrons. The lowest BCUT2D eigenvalue weighted by atomic mass is 10.1. The first-order valence-corrected chi connectivity index (χ1v) is 5.39. The molecule has 1 amide bonds. The number of ether oxygens (including phenoxy) is 1. The molecule has 0 fully saturated rings. The van der Waals surface area contributed by atoms with Crippen LogP contribution in [0, 0.1) is 0 Å². The minimum absolute atomic E-state index is 0.0240. The first-order valence-electron chi connectivity index (χ1n) is 4.86. The summed E-state index contributed by atoms with van der Waals surface area (Å²) in [7, 11) is 1.75. The summed E-state index contributed by atoms with van der Waals surface area (Å²) >= 11 is 5.76. The number of halogens is 1. The molecule has 0 bridgehead atoms. The van der Waals surface area contributed by atoms with Gasteiger partial charge in [0.25, 0.3) is 0 Å². The highest BCUT2D eigenvalue weighted by atomic mass is 35.5. The van der Waals surface area contributed by atoms with Crippen LogP contribution in [-0.4, -0.2) is 42.5 Å². The van der Waals surface area contributed by atoms with E-state index in [1.54, 1.807) is 11.9 Å². The van der Waals surface area contributed by atoms with Gasteiger partial charge in [0.15, 0.2) is 0 Å². The predicted octanol–water partition coefficient (Wildman–Crippen LogP) is 1.89. The number of rotatable bonds is 6. The van der Waals surface area contributed by atoms with Crippen molar-refractivity contribution in [3.63, 3.8) is 0 Å². The van der Waals surface area contributed by atoms with Crippen LogP contribution in [0.2, 0.25) is 0 Å². The predicted molar refractivity (Wildman–Crippen MR) is 58.7 cm³/mol. The van der Waals surface area contributed by atoms with Gasteiger partial charge in [0.1, 0.15) is 6.61 Å². The van der Waals surface area contributed by atoms with E-state index in [9.17, 15) is 4.79 Å². The normalized spacial score (nSPS) is 11.5. The molecule has 0 aromatic carbocycles. The van der Waals surface area contributed by atoms with Crippen LogP contribution in [-0.2, 0) is 9.53 Å². The Labute approximate surface area is 91.4 Å². The second-order valence-corrected chi connectivity index (χ2v) is 4.22. The fourth-order valence-corrected chi connectivity index (χ4v) is 1.01. The Bertz CT molecular complexity index is 183. The summed E-state index contributed by atoms with van der Waals surface area (Å²) < 4.78 is 5.17. The Morgan fingerprint density at radius 3 is 2.50 bits per heavy atom. The molecule has 0 aromatic rings. The third-order valence-corrected chi connectivity index (χ3v) is 2.84. The Hall–Kier alpha value is -0.280. The van der Waals surface area contributed by atoms with E-state index in [2.05, 4.69) is 0 Å². The molecule has 0 rings (SSSR count). The molecule has 0 atom stereocenters. The van der Waals surface area contributed by atoms with Crippen LogP contribution in [0.15, 0.2) is 0 Å². The van der Waals surface area contributed by atoms with Crippen molar-refractivity contribution in [2.45, 2.75) is 32.7 Å². The average molecular weight is 222 g/mol. The van der Waals surface area contributed by atoms with Gasteiger partial charge in [-0.2, -0.15) is 0 Å². The van der Waals surface area contributed by atoms with Crippen molar-refractivity contribution in [3.05, 3.63) is 0 Å². The van der Waals surface area contributed by atoms with Crippen LogP contribution >= 0.6 is 11.6 Å². The lowest BCUT2D eigenvalue weighted by molar-refractivity contribution is -0.138. The molecule has 0 spiro atoms. The Kier molecular flexibility index (Phi) is 6.12. The third-order valence-electron chi connectivity index (χ3n) is 2.18. The van der Waals surface area contributed by atoms with E-state index in [1.165, 1.54) is 0 Å². The van der Waals surface area contributed by atoms with Crippen molar-refractivity contribution in [2.24, 2.45) is 0 Å². The van der Waals surface area contributed by atoms with Gasteiger partial charge in [0.05, 0.1) is 5.54 Å². The van der Waals surface area contributed by atoms with Crippen LogP contribution in [0.3, 0.4) is 0 Å². The summed E-state index contributed by atoms with van der Waals surface area (Å²) in [5.74, 6) is 0.396. The van der Waals surface area contributed by atoms with E-state index < -0.39 is 0 Å². The molecule has 0 aliphatic rings. The van der Waals surface area contributed by atoms with Crippen LogP contribution in [0.4, 0.5) is 0 Å². The zero-order valence-electron chi connectivity index (χ0n) is 9.47. The average Bonchev–Trinajstić information content (AvgIpc) is 2.17. The van der Waals surface area contributed by atoms with Crippen molar-refractivity contribution in [2.75, 3.05) is 26.1 Å². The molecule has 0 aliphatic heterocycles. The van der Waals surface area contributed by atoms with E-state index in [0.29, 0.717) is 12.5 Å². The van der Waals surface area contributed by atoms with Crippen molar-refractivity contribution in [1.29, 1.82) is 0 Å². The number of likely N-dealkylation sites (N-methyl/N-ethyl adjacent to an activating group) is 1. The first-order chi connectivity index (χ1) is 6.45. The number of nitrogens with zero attached hydrogens (tertiary/aromatic N) is 1. The first kappa shape index (κ1) is 13.7. The molecule has 0 radical (unpaired) electrons. The van der Waals surface area contributed by atoms with E-state index in [1.807, 2.05) is 20.8 Å². The van der Waals surface area contributed by atoms with Crippen LogP contribution in [0.1, 0.15) is 27.2 Å². The maximum absolute atomic E-state index is 11.6. The highest BCUT2D eigenvalue weighted by Crippen LogP contribution is 2.14. The molecular formula is C10H20ClNO2. The van der Waals surface area contributed by atoms with Gasteiger partial charge in [0, 0.05) is 19.5 Å². The van der Waals surface area contributed by atoms with Gasteiger partial charge in [-0.1, -0.05) is 6.92 Å². The minimum atomic E-state index is -0.311. The lowest BCUT2D eigenvalue weighted by Crippen LogP contribution is -2.47. The monoisotopic (exact) mass is 221 g/mol. The van der Waals surface area contributed by atoms with Crippen molar-refractivity contribution in [1.82, 2.24) is 4.90 Å². The molecule has 0 unspecified atom stereocenters. The summed E-state index contributed by atoms with van der Waals surface area (Å²) in [6.45, 7) is 6.64. The van der Waals surface area contributed by atoms with Crippen LogP contribution < -0.4 is 0 Å². The third kappa shape index (κ3) is 4.29. The molecule has 0 saturated carbocycles. The summed E-state index contributed by atoms with van der Waals surface area (Å²) in [5.41, 5.74) is -0.311. The molecule has 0 aromatic heterocycles. The Balaban J connectivity index is 3.99. The second kappa shape index (κ2) is 6.25. The van der Waals surface area contributed by atoms with Crippen LogP contribution in [0.5, 0.6) is 0 Å². The SMILES string of the molecule is CCCOCC(=O)N(C)C(C)(C)CCl. The largest absolute Gasteiger partial charge is 0.372 e. The maximum atomic E-state index is 11.6. The smallest absolute Gasteiger partial charge is 0.248 e. The number of carbonyl (C=O) groups excluding carboxylic acids is 1. The fraction of sp³-hybridized carbons (Fsp3) is 0.900. The van der Waals surface area contributed by atoms with Gasteiger partial charge in [0.2, 0.25) is 5.91 Å². The standard InChI is InChI=1S/C10H20ClNO2/c1-5-6-14-7-9(13)12(4)10(2,3)8-11/h5-8H2,1-4H3. The maximum Gasteiger partial charge on any atom is 0.248 e. The number of carbonyl (C=O) groups is 1. The van der Waals surface area contributed by atoms with E-state index in [-0.39, 0.29) is 18.1 Å². The quantitative estimate of drug-likeness (QED) is 0.507. The number of hydrogen-bond donors (Lipinski definition) is 0. The van der Waals surface area contributed by atoms with E-state index in [0.717, 1.165) is 6.42 Å². The molecule has 0 N–H and O–H groups in total. The van der Waals surface area contributed by atoms with Gasteiger partial charge in [-0.15, -0.1) is 11.6 Å². The zero-order chi connectivity index (χ0) is 11.2. The molecule has 0 saturated heterocycles. The molecular weight excluding hydrogens is 202 g/mol. The zero-order valence-corrected chi connectivity index (χ0v) is 10.2.